The van der Waals surface area contributed by atoms with Crippen LogP contribution in [0.5, 0.6) is 0 Å². The number of halogens is 1. The lowest BCUT2D eigenvalue weighted by atomic mass is 10.0. The summed E-state index contributed by atoms with van der Waals surface area (Å²) in [7, 11) is 2.02. The number of hydrogen-bond acceptors (Lipinski definition) is 3. The van der Waals surface area contributed by atoms with E-state index in [0.29, 0.717) is 5.92 Å². The summed E-state index contributed by atoms with van der Waals surface area (Å²) in [6, 6.07) is 6.38. The highest BCUT2D eigenvalue weighted by molar-refractivity contribution is 6.31. The van der Waals surface area contributed by atoms with Crippen molar-refractivity contribution in [2.75, 3.05) is 13.1 Å². The third-order valence-corrected chi connectivity index (χ3v) is 4.63. The summed E-state index contributed by atoms with van der Waals surface area (Å²) in [4.78, 5) is 6.58. The Morgan fingerprint density at radius 3 is 2.86 bits per heavy atom. The number of aromatic nitrogens is 2. The van der Waals surface area contributed by atoms with E-state index in [0.717, 1.165) is 24.7 Å². The van der Waals surface area contributed by atoms with E-state index in [4.69, 9.17) is 17.3 Å². The van der Waals surface area contributed by atoms with Gasteiger partial charge in [-0.3, -0.25) is 4.90 Å². The molecule has 0 radical (unpaired) electrons. The Balaban J connectivity index is 1.73. The van der Waals surface area contributed by atoms with Gasteiger partial charge in [0.2, 0.25) is 0 Å². The van der Waals surface area contributed by atoms with E-state index < -0.39 is 0 Å². The zero-order valence-electron chi connectivity index (χ0n) is 12.5. The Bertz CT molecular complexity index is 637. The van der Waals surface area contributed by atoms with Crippen molar-refractivity contribution in [3.05, 3.63) is 52.6 Å². The number of nitrogens with two attached hydrogens (primary N) is 1. The van der Waals surface area contributed by atoms with Gasteiger partial charge >= 0.3 is 0 Å². The third-order valence-electron chi connectivity index (χ3n) is 4.28. The van der Waals surface area contributed by atoms with E-state index in [1.54, 1.807) is 0 Å². The lowest BCUT2D eigenvalue weighted by molar-refractivity contribution is 0.323. The van der Waals surface area contributed by atoms with Gasteiger partial charge < -0.3 is 10.3 Å². The summed E-state index contributed by atoms with van der Waals surface area (Å²) in [5.74, 6) is 0.335. The first-order valence-corrected chi connectivity index (χ1v) is 7.61. The highest BCUT2D eigenvalue weighted by atomic mass is 35.5. The molecule has 0 unspecified atom stereocenters. The van der Waals surface area contributed by atoms with Crippen molar-refractivity contribution in [2.45, 2.75) is 25.4 Å². The molecule has 5 heteroatoms. The maximum absolute atomic E-state index is 6.33. The zero-order chi connectivity index (χ0) is 15.0. The lowest BCUT2D eigenvalue weighted by Gasteiger charge is -2.17. The Kier molecular flexibility index (Phi) is 4.02. The molecule has 2 N–H and O–H groups in total. The van der Waals surface area contributed by atoms with E-state index >= 15 is 0 Å². The first-order chi connectivity index (χ1) is 10.0. The van der Waals surface area contributed by atoms with Gasteiger partial charge in [0, 0.05) is 55.6 Å². The monoisotopic (exact) mass is 304 g/mol. The van der Waals surface area contributed by atoms with Crippen LogP contribution in [0.4, 0.5) is 0 Å². The molecule has 0 spiro atoms. The third kappa shape index (κ3) is 2.98. The van der Waals surface area contributed by atoms with Crippen LogP contribution in [0.15, 0.2) is 30.7 Å². The number of likely N-dealkylation sites (tertiary alicyclic amines) is 1. The summed E-state index contributed by atoms with van der Waals surface area (Å²) < 4.78 is 2.06. The van der Waals surface area contributed by atoms with E-state index in [-0.39, 0.29) is 6.04 Å². The smallest absolute Gasteiger partial charge is 0.0945 e. The van der Waals surface area contributed by atoms with E-state index in [1.165, 1.54) is 16.8 Å². The van der Waals surface area contributed by atoms with Crippen LogP contribution in [0.1, 0.15) is 22.7 Å². The maximum Gasteiger partial charge on any atom is 0.0945 e. The molecule has 2 atom stereocenters. The molecule has 1 fully saturated rings. The maximum atomic E-state index is 6.33. The quantitative estimate of drug-likeness (QED) is 0.946. The van der Waals surface area contributed by atoms with E-state index in [1.807, 2.05) is 25.6 Å². The normalized spacial score (nSPS) is 22.9. The van der Waals surface area contributed by atoms with Gasteiger partial charge in [-0.15, -0.1) is 0 Å². The van der Waals surface area contributed by atoms with Crippen molar-refractivity contribution >= 4 is 11.6 Å². The number of imidazole rings is 1. The minimum atomic E-state index is 0.143. The molecule has 2 heterocycles. The highest BCUT2D eigenvalue weighted by Crippen LogP contribution is 2.28. The lowest BCUT2D eigenvalue weighted by Crippen LogP contribution is -2.29. The van der Waals surface area contributed by atoms with Gasteiger partial charge in [-0.05, 0) is 24.1 Å². The van der Waals surface area contributed by atoms with Crippen LogP contribution in [0.3, 0.4) is 0 Å². The predicted octanol–water partition coefficient (Wildman–Crippen LogP) is 2.31. The Morgan fingerprint density at radius 2 is 2.19 bits per heavy atom. The average molecular weight is 305 g/mol. The second-order valence-corrected chi connectivity index (χ2v) is 6.40. The van der Waals surface area contributed by atoms with Gasteiger partial charge in [0.05, 0.1) is 6.33 Å². The number of hydrogen-bond donors (Lipinski definition) is 1. The molecule has 1 saturated heterocycles. The first-order valence-electron chi connectivity index (χ1n) is 7.24. The molecule has 1 aromatic carbocycles. The molecule has 0 amide bonds. The van der Waals surface area contributed by atoms with Crippen molar-refractivity contribution in [1.82, 2.24) is 14.5 Å². The first kappa shape index (κ1) is 14.6. The van der Waals surface area contributed by atoms with Crippen molar-refractivity contribution < 1.29 is 0 Å². The second kappa shape index (κ2) is 5.79. The number of nitrogens with zero attached hydrogens (tertiary/aromatic N) is 3. The standard InChI is InChI=1S/C16H21ClN4/c1-11-3-4-12(14(17)5-11)7-21-8-13(15(18)9-21)16-6-19-10-20(16)2/h3-6,10,13,15H,7-9,18H2,1-2H3/t13-,15-/m1/s1. The second-order valence-electron chi connectivity index (χ2n) is 5.99. The molecule has 1 aliphatic heterocycles. The van der Waals surface area contributed by atoms with Gasteiger partial charge in [0.25, 0.3) is 0 Å². The summed E-state index contributed by atoms with van der Waals surface area (Å²) in [5.41, 5.74) is 9.89. The fourth-order valence-electron chi connectivity index (χ4n) is 3.10. The Morgan fingerprint density at radius 1 is 1.38 bits per heavy atom. The van der Waals surface area contributed by atoms with Crippen LogP contribution in [0.25, 0.3) is 0 Å². The average Bonchev–Trinajstić information content (AvgIpc) is 2.99. The van der Waals surface area contributed by atoms with Gasteiger partial charge in [-0.25, -0.2) is 4.98 Å². The zero-order valence-corrected chi connectivity index (χ0v) is 13.2. The minimum absolute atomic E-state index is 0.143. The van der Waals surface area contributed by atoms with Crippen molar-refractivity contribution in [3.8, 4) is 0 Å². The molecular weight excluding hydrogens is 284 g/mol. The number of aryl methyl sites for hydroxylation is 2. The summed E-state index contributed by atoms with van der Waals surface area (Å²) >= 11 is 6.33. The molecule has 0 aliphatic carbocycles. The highest BCUT2D eigenvalue weighted by Gasteiger charge is 2.32. The fraction of sp³-hybridized carbons (Fsp3) is 0.438. The van der Waals surface area contributed by atoms with Crippen molar-refractivity contribution in [1.29, 1.82) is 0 Å². The van der Waals surface area contributed by atoms with Crippen LogP contribution in [-0.2, 0) is 13.6 Å². The van der Waals surface area contributed by atoms with E-state index in [9.17, 15) is 0 Å². The predicted molar refractivity (Wildman–Crippen MR) is 85.4 cm³/mol. The van der Waals surface area contributed by atoms with Gasteiger partial charge in [-0.2, -0.15) is 0 Å². The summed E-state index contributed by atoms with van der Waals surface area (Å²) in [6.07, 6.45) is 3.76. The van der Waals surface area contributed by atoms with Gasteiger partial charge in [0.1, 0.15) is 0 Å². The molecule has 4 nitrogen and oxygen atoms in total. The molecule has 112 valence electrons. The topological polar surface area (TPSA) is 47.1 Å². The molecule has 0 bridgehead atoms. The Hall–Kier alpha value is -1.36. The molecular formula is C16H21ClN4. The molecule has 21 heavy (non-hydrogen) atoms. The minimum Gasteiger partial charge on any atom is -0.337 e. The summed E-state index contributed by atoms with van der Waals surface area (Å²) in [6.45, 7) is 4.74. The van der Waals surface area contributed by atoms with Crippen LogP contribution in [-0.4, -0.2) is 33.6 Å². The molecule has 1 aromatic heterocycles. The van der Waals surface area contributed by atoms with Gasteiger partial charge in [-0.1, -0.05) is 23.7 Å². The largest absolute Gasteiger partial charge is 0.337 e. The number of benzene rings is 1. The fourth-order valence-corrected chi connectivity index (χ4v) is 3.40. The molecule has 2 aromatic rings. The summed E-state index contributed by atoms with van der Waals surface area (Å²) in [5, 5.41) is 0.840. The van der Waals surface area contributed by atoms with Crippen molar-refractivity contribution in [2.24, 2.45) is 12.8 Å². The van der Waals surface area contributed by atoms with Crippen LogP contribution < -0.4 is 5.73 Å². The molecule has 3 rings (SSSR count). The number of rotatable bonds is 3. The van der Waals surface area contributed by atoms with E-state index in [2.05, 4.69) is 33.5 Å². The van der Waals surface area contributed by atoms with Crippen LogP contribution in [0.2, 0.25) is 5.02 Å². The SMILES string of the molecule is Cc1ccc(CN2C[C@@H](N)[C@H](c3cncn3C)C2)c(Cl)c1. The molecule has 0 saturated carbocycles. The van der Waals surface area contributed by atoms with Gasteiger partial charge in [0.15, 0.2) is 0 Å². The van der Waals surface area contributed by atoms with Crippen molar-refractivity contribution in [3.63, 3.8) is 0 Å². The van der Waals surface area contributed by atoms with Crippen LogP contribution >= 0.6 is 11.6 Å². The molecule has 1 aliphatic rings. The Labute approximate surface area is 130 Å². The van der Waals surface area contributed by atoms with Crippen LogP contribution in [0, 0.1) is 6.92 Å².